The van der Waals surface area contributed by atoms with Gasteiger partial charge >= 0.3 is 5.97 Å². The lowest BCUT2D eigenvalue weighted by Gasteiger charge is -2.29. The maximum absolute atomic E-state index is 11.3. The maximum atomic E-state index is 11.3. The minimum absolute atomic E-state index is 0. The van der Waals surface area contributed by atoms with Gasteiger partial charge in [-0.2, -0.15) is 0 Å². The van der Waals surface area contributed by atoms with E-state index in [4.69, 9.17) is 4.74 Å². The number of rotatable bonds is 3. The summed E-state index contributed by atoms with van der Waals surface area (Å²) in [5.41, 5.74) is 0. The Kier molecular flexibility index (Phi) is 6.94. The molecule has 1 saturated carbocycles. The predicted molar refractivity (Wildman–Crippen MR) is 63.3 cm³/mol. The van der Waals surface area contributed by atoms with E-state index in [0.717, 1.165) is 25.7 Å². The molecule has 0 saturated heterocycles. The maximum Gasteiger partial charge on any atom is 0.308 e. The van der Waals surface area contributed by atoms with Crippen LogP contribution in [0.15, 0.2) is 0 Å². The van der Waals surface area contributed by atoms with Gasteiger partial charge in [-0.1, -0.05) is 13.8 Å². The van der Waals surface area contributed by atoms with Gasteiger partial charge in [-0.15, -0.1) is 12.4 Å². The van der Waals surface area contributed by atoms with Crippen molar-refractivity contribution in [2.45, 2.75) is 51.6 Å². The second kappa shape index (κ2) is 7.07. The summed E-state index contributed by atoms with van der Waals surface area (Å²) in [4.78, 5) is 11.3. The molecule has 0 aromatic heterocycles. The van der Waals surface area contributed by atoms with Gasteiger partial charge in [0.1, 0.15) is 0 Å². The number of hydrogen-bond donors (Lipinski definition) is 1. The normalized spacial score (nSPS) is 25.9. The van der Waals surface area contributed by atoms with E-state index in [-0.39, 0.29) is 24.3 Å². The molecule has 1 fully saturated rings. The summed E-state index contributed by atoms with van der Waals surface area (Å²) in [5.74, 6) is 0.109. The van der Waals surface area contributed by atoms with E-state index in [1.165, 1.54) is 7.11 Å². The number of nitrogens with one attached hydrogen (secondary N) is 1. The summed E-state index contributed by atoms with van der Waals surface area (Å²) in [6, 6.07) is 1.13. The molecule has 4 heteroatoms. The second-order valence-electron chi connectivity index (χ2n) is 4.39. The van der Waals surface area contributed by atoms with Crippen LogP contribution in [0.2, 0.25) is 0 Å². The zero-order valence-corrected chi connectivity index (χ0v) is 10.6. The number of carbonyl (C=O) groups excluding carboxylic acids is 1. The quantitative estimate of drug-likeness (QED) is 0.762. The Morgan fingerprint density at radius 2 is 1.80 bits per heavy atom. The molecular weight excluding hydrogens is 214 g/mol. The highest BCUT2D eigenvalue weighted by Gasteiger charge is 2.26. The average Bonchev–Trinajstić information content (AvgIpc) is 2.17. The third-order valence-corrected chi connectivity index (χ3v) is 2.83. The second-order valence-corrected chi connectivity index (χ2v) is 4.39. The largest absolute Gasteiger partial charge is 0.469 e. The summed E-state index contributed by atoms with van der Waals surface area (Å²) in [5, 5.41) is 3.51. The van der Waals surface area contributed by atoms with Crippen molar-refractivity contribution in [3.8, 4) is 0 Å². The van der Waals surface area contributed by atoms with E-state index < -0.39 is 0 Å². The Labute approximate surface area is 98.4 Å². The van der Waals surface area contributed by atoms with Crippen molar-refractivity contribution < 1.29 is 9.53 Å². The molecule has 0 atom stereocenters. The molecule has 1 aliphatic carbocycles. The molecule has 0 aromatic rings. The van der Waals surface area contributed by atoms with Crippen LogP contribution in [0.4, 0.5) is 0 Å². The fourth-order valence-corrected chi connectivity index (χ4v) is 2.13. The molecular formula is C11H22ClNO2. The lowest BCUT2D eigenvalue weighted by Crippen LogP contribution is -2.38. The van der Waals surface area contributed by atoms with Crippen LogP contribution in [0.25, 0.3) is 0 Å². The van der Waals surface area contributed by atoms with Gasteiger partial charge in [0.15, 0.2) is 0 Å². The lowest BCUT2D eigenvalue weighted by atomic mass is 9.86. The Hall–Kier alpha value is -0.280. The number of ether oxygens (including phenoxy) is 1. The van der Waals surface area contributed by atoms with Crippen LogP contribution in [0.3, 0.4) is 0 Å². The van der Waals surface area contributed by atoms with Crippen LogP contribution in [0, 0.1) is 5.92 Å². The first kappa shape index (κ1) is 14.7. The monoisotopic (exact) mass is 235 g/mol. The molecule has 0 radical (unpaired) electrons. The van der Waals surface area contributed by atoms with Gasteiger partial charge in [0, 0.05) is 12.1 Å². The summed E-state index contributed by atoms with van der Waals surface area (Å²) in [6.45, 7) is 4.32. The highest BCUT2D eigenvalue weighted by atomic mass is 35.5. The summed E-state index contributed by atoms with van der Waals surface area (Å²) >= 11 is 0. The third kappa shape index (κ3) is 4.85. The van der Waals surface area contributed by atoms with Crippen molar-refractivity contribution in [2.24, 2.45) is 5.92 Å². The molecule has 0 unspecified atom stereocenters. The van der Waals surface area contributed by atoms with Crippen LogP contribution in [-0.4, -0.2) is 25.2 Å². The molecule has 1 rings (SSSR count). The zero-order valence-electron chi connectivity index (χ0n) is 9.79. The Balaban J connectivity index is 0.00000196. The van der Waals surface area contributed by atoms with Gasteiger partial charge in [-0.25, -0.2) is 0 Å². The van der Waals surface area contributed by atoms with Crippen molar-refractivity contribution >= 4 is 18.4 Å². The SMILES string of the molecule is COC(=O)[C@H]1CC[C@H](NC(C)C)CC1.Cl. The van der Waals surface area contributed by atoms with E-state index in [1.54, 1.807) is 0 Å². The first-order valence-electron chi connectivity index (χ1n) is 5.47. The van der Waals surface area contributed by atoms with Crippen LogP contribution >= 0.6 is 12.4 Å². The van der Waals surface area contributed by atoms with Crippen molar-refractivity contribution in [1.29, 1.82) is 0 Å². The number of hydrogen-bond acceptors (Lipinski definition) is 3. The highest BCUT2D eigenvalue weighted by molar-refractivity contribution is 5.85. The minimum atomic E-state index is -0.0343. The van der Waals surface area contributed by atoms with Crippen LogP contribution in [-0.2, 0) is 9.53 Å². The lowest BCUT2D eigenvalue weighted by molar-refractivity contribution is -0.146. The molecule has 3 nitrogen and oxygen atoms in total. The van der Waals surface area contributed by atoms with Gasteiger partial charge in [0.25, 0.3) is 0 Å². The van der Waals surface area contributed by atoms with Crippen molar-refractivity contribution in [3.63, 3.8) is 0 Å². The van der Waals surface area contributed by atoms with Crippen LogP contribution < -0.4 is 5.32 Å². The van der Waals surface area contributed by atoms with Crippen LogP contribution in [0.5, 0.6) is 0 Å². The fourth-order valence-electron chi connectivity index (χ4n) is 2.13. The summed E-state index contributed by atoms with van der Waals surface area (Å²) < 4.78 is 4.75. The van der Waals surface area contributed by atoms with E-state index >= 15 is 0 Å². The smallest absolute Gasteiger partial charge is 0.308 e. The predicted octanol–water partition coefficient (Wildman–Crippen LogP) is 2.14. The number of methoxy groups -OCH3 is 1. The van der Waals surface area contributed by atoms with E-state index in [1.807, 2.05) is 0 Å². The molecule has 0 heterocycles. The first-order chi connectivity index (χ1) is 6.63. The van der Waals surface area contributed by atoms with Crippen LogP contribution in [0.1, 0.15) is 39.5 Å². The Bertz CT molecular complexity index is 189. The van der Waals surface area contributed by atoms with Gasteiger partial charge in [0.05, 0.1) is 13.0 Å². The molecule has 90 valence electrons. The highest BCUT2D eigenvalue weighted by Crippen LogP contribution is 2.25. The van der Waals surface area contributed by atoms with E-state index in [0.29, 0.717) is 12.1 Å². The van der Waals surface area contributed by atoms with E-state index in [2.05, 4.69) is 19.2 Å². The first-order valence-corrected chi connectivity index (χ1v) is 5.47. The standard InChI is InChI=1S/C11H21NO2.ClH/c1-8(2)12-10-6-4-9(5-7-10)11(13)14-3;/h8-10,12H,4-7H2,1-3H3;1H/t9-,10-;. The molecule has 1 aliphatic rings. The summed E-state index contributed by atoms with van der Waals surface area (Å²) in [7, 11) is 1.47. The van der Waals surface area contributed by atoms with Gasteiger partial charge in [0.2, 0.25) is 0 Å². The fraction of sp³-hybridized carbons (Fsp3) is 0.909. The third-order valence-electron chi connectivity index (χ3n) is 2.83. The Morgan fingerprint density at radius 1 is 1.27 bits per heavy atom. The van der Waals surface area contributed by atoms with Gasteiger partial charge in [-0.3, -0.25) is 4.79 Å². The molecule has 0 bridgehead atoms. The van der Waals surface area contributed by atoms with E-state index in [9.17, 15) is 4.79 Å². The van der Waals surface area contributed by atoms with Gasteiger partial charge < -0.3 is 10.1 Å². The number of carbonyl (C=O) groups is 1. The van der Waals surface area contributed by atoms with Crippen molar-refractivity contribution in [3.05, 3.63) is 0 Å². The summed E-state index contributed by atoms with van der Waals surface area (Å²) in [6.07, 6.45) is 4.13. The molecule has 0 aromatic carbocycles. The number of esters is 1. The topological polar surface area (TPSA) is 38.3 Å². The van der Waals surface area contributed by atoms with Crippen molar-refractivity contribution in [1.82, 2.24) is 5.32 Å². The zero-order chi connectivity index (χ0) is 10.6. The molecule has 0 spiro atoms. The molecule has 15 heavy (non-hydrogen) atoms. The molecule has 1 N–H and O–H groups in total. The molecule has 0 amide bonds. The Morgan fingerprint density at radius 3 is 2.20 bits per heavy atom. The minimum Gasteiger partial charge on any atom is -0.469 e. The molecule has 0 aliphatic heterocycles. The van der Waals surface area contributed by atoms with Gasteiger partial charge in [-0.05, 0) is 25.7 Å². The average molecular weight is 236 g/mol. The number of halogens is 1. The van der Waals surface area contributed by atoms with Crippen molar-refractivity contribution in [2.75, 3.05) is 7.11 Å².